The lowest BCUT2D eigenvalue weighted by Crippen LogP contribution is -2.36. The number of amides is 1. The predicted octanol–water partition coefficient (Wildman–Crippen LogP) is 4.61. The summed E-state index contributed by atoms with van der Waals surface area (Å²) in [5.41, 5.74) is 3.82. The molecule has 2 aliphatic rings. The number of carbonyl (C=O) groups excluding carboxylic acids is 1. The third-order valence-corrected chi connectivity index (χ3v) is 6.70. The van der Waals surface area contributed by atoms with Gasteiger partial charge in [0.15, 0.2) is 0 Å². The maximum atomic E-state index is 12.9. The van der Waals surface area contributed by atoms with Gasteiger partial charge < -0.3 is 0 Å². The smallest absolute Gasteiger partial charge is 0.273 e. The number of fused-ring (bicyclic) bond motifs is 3. The molecule has 1 N–H and O–H groups in total. The molecule has 29 heavy (non-hydrogen) atoms. The van der Waals surface area contributed by atoms with Gasteiger partial charge in [0.05, 0.1) is 5.39 Å². The van der Waals surface area contributed by atoms with Gasteiger partial charge in [0.2, 0.25) is 5.91 Å². The largest absolute Gasteiger partial charge is 0.294 e. The molecule has 6 heteroatoms. The average molecular weight is 408 g/mol. The van der Waals surface area contributed by atoms with Crippen molar-refractivity contribution in [3.05, 3.63) is 63.9 Å². The summed E-state index contributed by atoms with van der Waals surface area (Å²) in [6, 6.07) is 14.6. The highest BCUT2D eigenvalue weighted by Gasteiger charge is 2.40. The monoisotopic (exact) mass is 407 g/mol. The van der Waals surface area contributed by atoms with E-state index in [1.807, 2.05) is 36.4 Å². The van der Waals surface area contributed by atoms with Crippen molar-refractivity contribution in [2.45, 2.75) is 32.1 Å². The first-order chi connectivity index (χ1) is 14.1. The fraction of sp³-hybridized carbons (Fsp3) is 0.348. The van der Waals surface area contributed by atoms with E-state index in [-0.39, 0.29) is 11.5 Å². The summed E-state index contributed by atoms with van der Waals surface area (Å²) in [4.78, 5) is 26.7. The second kappa shape index (κ2) is 7.30. The Hall–Kier alpha value is -2.66. The normalized spacial score (nSPS) is 22.9. The molecule has 2 bridgehead atoms. The van der Waals surface area contributed by atoms with Gasteiger partial charge in [-0.15, -0.1) is 9.89 Å². The van der Waals surface area contributed by atoms with Gasteiger partial charge in [0.25, 0.3) is 5.56 Å². The number of benzene rings is 2. The van der Waals surface area contributed by atoms with Gasteiger partial charge in [0.1, 0.15) is 5.69 Å². The summed E-state index contributed by atoms with van der Waals surface area (Å²) in [6.45, 7) is 0. The summed E-state index contributed by atoms with van der Waals surface area (Å²) in [5, 5.41) is 6.32. The van der Waals surface area contributed by atoms with Crippen LogP contribution in [0.15, 0.2) is 53.3 Å². The Kier molecular flexibility index (Phi) is 4.63. The standard InChI is InChI=1S/C23H22ClN3O2/c24-18-5-3-4-16(12-18)22-19-6-1-2-7-20(19)23(29)27(26-22)25-21(28)13-17-11-14-8-9-15(17)10-14/h1-7,12,14-15,17H,8-11,13H2,(H,25,28). The molecule has 2 fully saturated rings. The molecule has 3 unspecified atom stereocenters. The topological polar surface area (TPSA) is 64.0 Å². The van der Waals surface area contributed by atoms with Gasteiger partial charge in [0, 0.05) is 22.4 Å². The maximum Gasteiger partial charge on any atom is 0.294 e. The Morgan fingerprint density at radius 1 is 1.10 bits per heavy atom. The van der Waals surface area contributed by atoms with E-state index in [1.54, 1.807) is 12.1 Å². The molecule has 148 valence electrons. The van der Waals surface area contributed by atoms with Crippen LogP contribution in [0.3, 0.4) is 0 Å². The quantitative estimate of drug-likeness (QED) is 0.686. The number of halogens is 1. The Bertz CT molecular complexity index is 1160. The van der Waals surface area contributed by atoms with Crippen molar-refractivity contribution in [3.8, 4) is 11.3 Å². The van der Waals surface area contributed by atoms with Crippen molar-refractivity contribution < 1.29 is 4.79 Å². The van der Waals surface area contributed by atoms with Crippen LogP contribution in [0.25, 0.3) is 22.0 Å². The zero-order valence-electron chi connectivity index (χ0n) is 16.0. The minimum Gasteiger partial charge on any atom is -0.273 e. The van der Waals surface area contributed by atoms with Crippen LogP contribution in [0.2, 0.25) is 5.02 Å². The van der Waals surface area contributed by atoms with Gasteiger partial charge in [-0.2, -0.15) is 0 Å². The molecule has 3 aromatic rings. The van der Waals surface area contributed by atoms with E-state index in [0.717, 1.165) is 28.1 Å². The maximum absolute atomic E-state index is 12.9. The molecule has 5 rings (SSSR count). The van der Waals surface area contributed by atoms with Crippen molar-refractivity contribution in [2.24, 2.45) is 17.8 Å². The number of carbonyl (C=O) groups is 1. The number of hydrogen-bond acceptors (Lipinski definition) is 3. The van der Waals surface area contributed by atoms with Crippen LogP contribution >= 0.6 is 11.6 Å². The lowest BCUT2D eigenvalue weighted by atomic mass is 9.86. The van der Waals surface area contributed by atoms with Gasteiger partial charge in [-0.1, -0.05) is 48.4 Å². The summed E-state index contributed by atoms with van der Waals surface area (Å²) < 4.78 is 0. The number of nitrogens with zero attached hydrogens (tertiary/aromatic N) is 2. The van der Waals surface area contributed by atoms with Gasteiger partial charge in [-0.05, 0) is 55.2 Å². The highest BCUT2D eigenvalue weighted by molar-refractivity contribution is 6.30. The van der Waals surface area contributed by atoms with Crippen LogP contribution in [0.5, 0.6) is 0 Å². The van der Waals surface area contributed by atoms with Crippen molar-refractivity contribution in [1.29, 1.82) is 0 Å². The average Bonchev–Trinajstić information content (AvgIpc) is 3.33. The lowest BCUT2D eigenvalue weighted by molar-refractivity contribution is -0.118. The number of aromatic nitrogens is 2. The molecular formula is C23H22ClN3O2. The van der Waals surface area contributed by atoms with E-state index in [2.05, 4.69) is 10.5 Å². The van der Waals surface area contributed by atoms with Crippen molar-refractivity contribution in [2.75, 3.05) is 5.43 Å². The van der Waals surface area contributed by atoms with Gasteiger partial charge in [-0.25, -0.2) is 5.43 Å². The first kappa shape index (κ1) is 18.4. The number of rotatable bonds is 4. The third kappa shape index (κ3) is 3.44. The summed E-state index contributed by atoms with van der Waals surface area (Å²) in [5.74, 6) is 1.73. The number of hydrogen-bond donors (Lipinski definition) is 1. The molecule has 0 saturated heterocycles. The molecule has 5 nitrogen and oxygen atoms in total. The molecule has 2 aliphatic carbocycles. The van der Waals surface area contributed by atoms with Crippen LogP contribution in [-0.4, -0.2) is 15.8 Å². The van der Waals surface area contributed by atoms with E-state index in [1.165, 1.54) is 19.3 Å². The third-order valence-electron chi connectivity index (χ3n) is 6.47. The highest BCUT2D eigenvalue weighted by atomic mass is 35.5. The molecule has 0 spiro atoms. The van der Waals surface area contributed by atoms with Crippen LogP contribution < -0.4 is 11.0 Å². The van der Waals surface area contributed by atoms with Crippen molar-refractivity contribution in [1.82, 2.24) is 9.89 Å². The van der Waals surface area contributed by atoms with Crippen LogP contribution in [0.1, 0.15) is 32.1 Å². The Morgan fingerprint density at radius 3 is 2.66 bits per heavy atom. The van der Waals surface area contributed by atoms with Crippen LogP contribution in [0.4, 0.5) is 0 Å². The van der Waals surface area contributed by atoms with Gasteiger partial charge >= 0.3 is 0 Å². The second-order valence-corrected chi connectivity index (χ2v) is 8.73. The number of nitrogens with one attached hydrogen (secondary N) is 1. The summed E-state index contributed by atoms with van der Waals surface area (Å²) >= 11 is 6.16. The fourth-order valence-electron chi connectivity index (χ4n) is 5.14. The van der Waals surface area contributed by atoms with Crippen LogP contribution in [-0.2, 0) is 4.79 Å². The predicted molar refractivity (Wildman–Crippen MR) is 114 cm³/mol. The molecule has 0 aliphatic heterocycles. The molecule has 2 aromatic carbocycles. The Morgan fingerprint density at radius 2 is 1.93 bits per heavy atom. The molecule has 2 saturated carbocycles. The van der Waals surface area contributed by atoms with Crippen molar-refractivity contribution >= 4 is 28.3 Å². The minimum absolute atomic E-state index is 0.149. The van der Waals surface area contributed by atoms with E-state index >= 15 is 0 Å². The van der Waals surface area contributed by atoms with E-state index in [0.29, 0.717) is 34.4 Å². The SMILES string of the molecule is O=C(CC1CC2CCC1C2)Nn1nc(-c2cccc(Cl)c2)c2ccccc2c1=O. The van der Waals surface area contributed by atoms with E-state index in [9.17, 15) is 9.59 Å². The van der Waals surface area contributed by atoms with Crippen molar-refractivity contribution in [3.63, 3.8) is 0 Å². The Balaban J connectivity index is 1.49. The first-order valence-electron chi connectivity index (χ1n) is 10.2. The zero-order chi connectivity index (χ0) is 20.0. The van der Waals surface area contributed by atoms with Crippen LogP contribution in [0, 0.1) is 17.8 Å². The first-order valence-corrected chi connectivity index (χ1v) is 10.5. The molecule has 1 amide bonds. The molecule has 3 atom stereocenters. The fourth-order valence-corrected chi connectivity index (χ4v) is 5.33. The van der Waals surface area contributed by atoms with Gasteiger partial charge in [-0.3, -0.25) is 9.59 Å². The highest BCUT2D eigenvalue weighted by Crippen LogP contribution is 2.49. The second-order valence-electron chi connectivity index (χ2n) is 8.30. The lowest BCUT2D eigenvalue weighted by Gasteiger charge is -2.21. The van der Waals surface area contributed by atoms with E-state index in [4.69, 9.17) is 11.6 Å². The molecule has 1 aromatic heterocycles. The molecular weight excluding hydrogens is 386 g/mol. The molecule has 0 radical (unpaired) electrons. The zero-order valence-corrected chi connectivity index (χ0v) is 16.7. The van der Waals surface area contributed by atoms with E-state index < -0.39 is 0 Å². The minimum atomic E-state index is -0.326. The summed E-state index contributed by atoms with van der Waals surface area (Å²) in [7, 11) is 0. The molecule has 1 heterocycles. The summed E-state index contributed by atoms with van der Waals surface area (Å²) in [6.07, 6.45) is 5.37. The Labute approximate surface area is 173 Å².